The summed E-state index contributed by atoms with van der Waals surface area (Å²) in [5.74, 6) is 1.88. The van der Waals surface area contributed by atoms with Gasteiger partial charge in [0.15, 0.2) is 0 Å². The summed E-state index contributed by atoms with van der Waals surface area (Å²) in [5.41, 5.74) is 8.39. The van der Waals surface area contributed by atoms with E-state index in [1.807, 2.05) is 48.8 Å². The fraction of sp³-hybridized carbons (Fsp3) is 0.551. The van der Waals surface area contributed by atoms with E-state index in [4.69, 9.17) is 9.98 Å². The highest BCUT2D eigenvalue weighted by molar-refractivity contribution is 5.86. The van der Waals surface area contributed by atoms with E-state index < -0.39 is 0 Å². The van der Waals surface area contributed by atoms with Crippen LogP contribution in [0.5, 0.6) is 11.5 Å². The summed E-state index contributed by atoms with van der Waals surface area (Å²) in [4.78, 5) is 10.4. The molecule has 2 fully saturated rings. The molecule has 0 radical (unpaired) electrons. The average Bonchev–Trinajstić information content (AvgIpc) is 3.12. The summed E-state index contributed by atoms with van der Waals surface area (Å²) in [6.45, 7) is 17.8. The first-order valence-electron chi connectivity index (χ1n) is 20.6. The van der Waals surface area contributed by atoms with Crippen LogP contribution in [0.3, 0.4) is 0 Å². The first-order valence-corrected chi connectivity index (χ1v) is 20.6. The van der Waals surface area contributed by atoms with Gasteiger partial charge in [-0.3, -0.25) is 9.98 Å². The molecule has 2 N–H and O–H groups in total. The topological polar surface area (TPSA) is 65.2 Å². The number of aromatic hydroxyl groups is 2. The van der Waals surface area contributed by atoms with Crippen LogP contribution in [0.4, 0.5) is 0 Å². The predicted molar refractivity (Wildman–Crippen MR) is 224 cm³/mol. The largest absolute Gasteiger partial charge is 0.507 e. The van der Waals surface area contributed by atoms with Crippen LogP contribution in [0, 0.1) is 22.7 Å². The maximum Gasteiger partial charge on any atom is 0.128 e. The van der Waals surface area contributed by atoms with Gasteiger partial charge in [0.2, 0.25) is 0 Å². The summed E-state index contributed by atoms with van der Waals surface area (Å²) >= 11 is 0. The zero-order valence-corrected chi connectivity index (χ0v) is 34.1. The first kappa shape index (κ1) is 39.0. The van der Waals surface area contributed by atoms with Crippen molar-refractivity contribution in [2.75, 3.05) is 0 Å². The number of aliphatic imine (C=N–C) groups is 2. The molecule has 2 unspecified atom stereocenters. The third-order valence-electron chi connectivity index (χ3n) is 13.2. The van der Waals surface area contributed by atoms with Crippen LogP contribution < -0.4 is 0 Å². The van der Waals surface area contributed by atoms with E-state index in [0.29, 0.717) is 23.3 Å². The molecule has 2 aromatic carbocycles. The number of para-hydroxylation sites is 2. The lowest BCUT2D eigenvalue weighted by molar-refractivity contribution is 0.167. The van der Waals surface area contributed by atoms with E-state index in [2.05, 4.69) is 79.7 Å². The molecule has 0 saturated heterocycles. The molecular weight excluding hydrogens is 649 g/mol. The number of hydrogen-bond acceptors (Lipinski definition) is 4. The van der Waals surface area contributed by atoms with Gasteiger partial charge in [0.25, 0.3) is 0 Å². The Morgan fingerprint density at radius 3 is 1.32 bits per heavy atom. The van der Waals surface area contributed by atoms with Crippen molar-refractivity contribution in [2.24, 2.45) is 32.7 Å². The van der Waals surface area contributed by atoms with Crippen molar-refractivity contribution < 1.29 is 10.2 Å². The molecule has 6 rings (SSSR count). The zero-order chi connectivity index (χ0) is 38.0. The van der Waals surface area contributed by atoms with Gasteiger partial charge in [0, 0.05) is 45.8 Å². The number of allylic oxidation sites excluding steroid dienone is 8. The van der Waals surface area contributed by atoms with Crippen molar-refractivity contribution in [3.63, 3.8) is 0 Å². The molecule has 0 spiro atoms. The minimum absolute atomic E-state index is 0.0466. The number of rotatable bonds is 8. The summed E-state index contributed by atoms with van der Waals surface area (Å²) in [5, 5.41) is 22.4. The van der Waals surface area contributed by atoms with Crippen molar-refractivity contribution in [1.82, 2.24) is 0 Å². The SMILES string of the molecule is CC(C)(C)c1cccc(C=NC2=CC=C(CC3=CC=C(N=Cc4cccc(C(C)(C)C)c4O)C(C)(C4CCCCC4)C3)CC2(C)C2CCCCC2)c1O. The third kappa shape index (κ3) is 8.53. The van der Waals surface area contributed by atoms with Gasteiger partial charge in [-0.25, -0.2) is 0 Å². The van der Waals surface area contributed by atoms with Crippen LogP contribution in [0.2, 0.25) is 0 Å². The van der Waals surface area contributed by atoms with E-state index in [0.717, 1.165) is 52.9 Å². The quantitative estimate of drug-likeness (QED) is 0.267. The summed E-state index contributed by atoms with van der Waals surface area (Å²) in [6, 6.07) is 12.1. The van der Waals surface area contributed by atoms with Crippen LogP contribution in [0.25, 0.3) is 0 Å². The van der Waals surface area contributed by atoms with Gasteiger partial charge in [-0.05, 0) is 103 Å². The van der Waals surface area contributed by atoms with Gasteiger partial charge < -0.3 is 10.2 Å². The van der Waals surface area contributed by atoms with Crippen molar-refractivity contribution in [3.05, 3.63) is 105 Å². The van der Waals surface area contributed by atoms with Gasteiger partial charge >= 0.3 is 0 Å². The van der Waals surface area contributed by atoms with Gasteiger partial charge in [0.05, 0.1) is 0 Å². The van der Waals surface area contributed by atoms with Crippen LogP contribution in [0.1, 0.15) is 161 Å². The molecule has 53 heavy (non-hydrogen) atoms. The molecule has 0 heterocycles. The highest BCUT2D eigenvalue weighted by atomic mass is 16.3. The average molecular weight is 715 g/mol. The second-order valence-electron chi connectivity index (χ2n) is 19.3. The number of phenolic OH excluding ortho intramolecular Hbond substituents is 2. The number of benzene rings is 2. The van der Waals surface area contributed by atoms with Crippen molar-refractivity contribution in [2.45, 2.75) is 150 Å². The lowest BCUT2D eigenvalue weighted by atomic mass is 9.61. The van der Waals surface area contributed by atoms with Crippen LogP contribution in [0.15, 0.2) is 93.2 Å². The molecule has 4 nitrogen and oxygen atoms in total. The first-order chi connectivity index (χ1) is 25.1. The lowest BCUT2D eigenvalue weighted by Gasteiger charge is -2.44. The standard InChI is InChI=1S/C49H66N2O2/c1-46(2,3)40-23-15-17-36(44(40)52)32-50-42-27-25-34(30-48(42,7)38-19-11-9-12-20-38)29-35-26-28-43(49(8,31-35)39-21-13-10-14-22-39)51-33-37-18-16-24-41(45(37)53)47(4,5)6/h15-18,23-28,32-33,38-39,52-53H,9-14,19-22,29-31H2,1-8H3. The molecule has 4 heteroatoms. The number of hydrogen-bond donors (Lipinski definition) is 2. The predicted octanol–water partition coefficient (Wildman–Crippen LogP) is 13.2. The summed E-state index contributed by atoms with van der Waals surface area (Å²) < 4.78 is 0. The maximum absolute atomic E-state index is 11.2. The number of nitrogens with zero attached hydrogens (tertiary/aromatic N) is 2. The molecule has 284 valence electrons. The van der Waals surface area contributed by atoms with E-state index in [-0.39, 0.29) is 21.7 Å². The Morgan fingerprint density at radius 2 is 0.962 bits per heavy atom. The fourth-order valence-corrected chi connectivity index (χ4v) is 9.94. The van der Waals surface area contributed by atoms with Gasteiger partial charge in [-0.2, -0.15) is 0 Å². The Balaban J connectivity index is 1.30. The molecule has 0 aliphatic heterocycles. The van der Waals surface area contributed by atoms with Crippen molar-refractivity contribution in [3.8, 4) is 11.5 Å². The van der Waals surface area contributed by atoms with E-state index in [1.165, 1.54) is 75.4 Å². The van der Waals surface area contributed by atoms with Crippen molar-refractivity contribution >= 4 is 12.4 Å². The summed E-state index contributed by atoms with van der Waals surface area (Å²) in [6.07, 6.45) is 29.0. The third-order valence-corrected chi connectivity index (χ3v) is 13.2. The van der Waals surface area contributed by atoms with Gasteiger partial charge in [-0.15, -0.1) is 0 Å². The van der Waals surface area contributed by atoms with E-state index in [9.17, 15) is 10.2 Å². The Bertz CT molecular complexity index is 1690. The van der Waals surface area contributed by atoms with Crippen LogP contribution in [-0.2, 0) is 10.8 Å². The highest BCUT2D eigenvalue weighted by Crippen LogP contribution is 2.54. The van der Waals surface area contributed by atoms with E-state index in [1.54, 1.807) is 0 Å². The number of phenols is 2. The van der Waals surface area contributed by atoms with Crippen molar-refractivity contribution in [1.29, 1.82) is 0 Å². The zero-order valence-electron chi connectivity index (χ0n) is 34.1. The van der Waals surface area contributed by atoms with Crippen LogP contribution >= 0.6 is 0 Å². The fourth-order valence-electron chi connectivity index (χ4n) is 9.94. The molecule has 4 aliphatic carbocycles. The Morgan fingerprint density at radius 1 is 0.585 bits per heavy atom. The lowest BCUT2D eigenvalue weighted by Crippen LogP contribution is -2.34. The molecule has 4 aliphatic rings. The smallest absolute Gasteiger partial charge is 0.128 e. The minimum Gasteiger partial charge on any atom is -0.507 e. The molecular formula is C49H66N2O2. The second-order valence-corrected chi connectivity index (χ2v) is 19.3. The Labute approximate surface area is 321 Å². The summed E-state index contributed by atoms with van der Waals surface area (Å²) in [7, 11) is 0. The van der Waals surface area contributed by atoms with Gasteiger partial charge in [-0.1, -0.05) is 141 Å². The Kier molecular flexibility index (Phi) is 11.5. The Hall–Kier alpha value is -3.66. The minimum atomic E-state index is -0.142. The maximum atomic E-state index is 11.2. The van der Waals surface area contributed by atoms with Gasteiger partial charge in [0.1, 0.15) is 11.5 Å². The second kappa shape index (κ2) is 15.6. The molecule has 0 aromatic heterocycles. The molecule has 0 bridgehead atoms. The molecule has 2 atom stereocenters. The normalized spacial score (nSPS) is 25.4. The molecule has 0 amide bonds. The monoisotopic (exact) mass is 715 g/mol. The van der Waals surface area contributed by atoms with Crippen LogP contribution in [-0.4, -0.2) is 22.6 Å². The highest BCUT2D eigenvalue weighted by Gasteiger charge is 2.43. The molecule has 2 aromatic rings. The van der Waals surface area contributed by atoms with E-state index >= 15 is 0 Å². The molecule has 2 saturated carbocycles.